The van der Waals surface area contributed by atoms with Crippen LogP contribution in [-0.4, -0.2) is 34.2 Å². The molecular weight excluding hydrogens is 408 g/mol. The lowest BCUT2D eigenvalue weighted by Gasteiger charge is -2.23. The van der Waals surface area contributed by atoms with Crippen LogP contribution in [0.25, 0.3) is 32.7 Å². The maximum atomic E-state index is 13.0. The molecule has 8 nitrogen and oxygen atoms in total. The van der Waals surface area contributed by atoms with E-state index in [0.717, 1.165) is 35.9 Å². The molecule has 0 radical (unpaired) electrons. The van der Waals surface area contributed by atoms with Crippen molar-refractivity contribution in [1.82, 2.24) is 24.7 Å². The molecule has 1 aliphatic rings. The summed E-state index contributed by atoms with van der Waals surface area (Å²) in [6.07, 6.45) is 7.85. The first kappa shape index (κ1) is 18.2. The number of H-pyrrole nitrogens is 1. The van der Waals surface area contributed by atoms with Crippen molar-refractivity contribution in [2.24, 2.45) is 7.05 Å². The average molecular weight is 427 g/mol. The van der Waals surface area contributed by atoms with Gasteiger partial charge in [0.1, 0.15) is 9.04 Å². The number of nitrogens with two attached hydrogens (primary N) is 1. The molecule has 0 unspecified atom stereocenters. The fraction of sp³-hybridized carbons (Fsp3) is 0.263. The van der Waals surface area contributed by atoms with Crippen LogP contribution in [0, 0.1) is 0 Å². The normalized spacial score (nSPS) is 15.5. The average Bonchev–Trinajstić information content (AvgIpc) is 3.23. The number of nitrogens with one attached hydrogen (secondary N) is 1. The third kappa shape index (κ3) is 2.99. The number of hydrogen-bond donors (Lipinski definition) is 2. The first-order chi connectivity index (χ1) is 14.0. The van der Waals surface area contributed by atoms with Gasteiger partial charge in [-0.1, -0.05) is 6.42 Å². The summed E-state index contributed by atoms with van der Waals surface area (Å²) in [7, 11) is 0.731. The topological polar surface area (TPSA) is 120 Å². The van der Waals surface area contributed by atoms with Crippen LogP contribution in [0.4, 0.5) is 5.69 Å². The van der Waals surface area contributed by atoms with Crippen molar-refractivity contribution in [2.45, 2.75) is 28.7 Å². The summed E-state index contributed by atoms with van der Waals surface area (Å²) in [5, 5.41) is 5.24. The van der Waals surface area contributed by atoms with Gasteiger partial charge in [-0.3, -0.25) is 8.89 Å². The molecule has 10 heteroatoms. The quantitative estimate of drug-likeness (QED) is 0.518. The molecule has 29 heavy (non-hydrogen) atoms. The third-order valence-corrected chi connectivity index (χ3v) is 8.57. The summed E-state index contributed by atoms with van der Waals surface area (Å²) < 4.78 is 15.5. The number of aromatic amines is 1. The Labute approximate surface area is 172 Å². The molecular formula is C19H18N6O2S2. The lowest BCUT2D eigenvalue weighted by atomic mass is 10.0. The second kappa shape index (κ2) is 6.89. The highest BCUT2D eigenvalue weighted by Crippen LogP contribution is 2.44. The van der Waals surface area contributed by atoms with Gasteiger partial charge >= 0.3 is 5.69 Å². The third-order valence-electron chi connectivity index (χ3n) is 5.27. The van der Waals surface area contributed by atoms with Gasteiger partial charge in [0, 0.05) is 47.4 Å². The largest absolute Gasteiger partial charge is 0.396 e. The predicted molar refractivity (Wildman–Crippen MR) is 114 cm³/mol. The van der Waals surface area contributed by atoms with Crippen LogP contribution in [-0.2, 0) is 17.8 Å². The highest BCUT2D eigenvalue weighted by atomic mass is 32.2. The zero-order valence-electron chi connectivity index (χ0n) is 15.6. The molecule has 3 N–H and O–H groups in total. The summed E-state index contributed by atoms with van der Waals surface area (Å²) in [6.45, 7) is 0. The van der Waals surface area contributed by atoms with Crippen molar-refractivity contribution in [2.75, 3.05) is 5.73 Å². The molecule has 1 saturated carbocycles. The number of hydrogen-bond acceptors (Lipinski definition) is 7. The van der Waals surface area contributed by atoms with E-state index in [9.17, 15) is 9.00 Å². The van der Waals surface area contributed by atoms with E-state index in [0.29, 0.717) is 26.0 Å². The Bertz CT molecular complexity index is 1300. The first-order valence-electron chi connectivity index (χ1n) is 9.20. The molecule has 0 saturated heterocycles. The van der Waals surface area contributed by atoms with Crippen molar-refractivity contribution in [3.63, 3.8) is 0 Å². The molecule has 4 heterocycles. The SMILES string of the molecule is Cn1nccc1-c1cc(-c2cnc(=O)[nH]c2)nc2sc([S@@](=O)C3CCC3)c(N)c12. The molecule has 0 amide bonds. The molecule has 1 aliphatic carbocycles. The van der Waals surface area contributed by atoms with E-state index < -0.39 is 16.5 Å². The Morgan fingerprint density at radius 2 is 2.21 bits per heavy atom. The molecule has 1 fully saturated rings. The Hall–Kier alpha value is -2.85. The van der Waals surface area contributed by atoms with Crippen LogP contribution in [0.15, 0.2) is 39.7 Å². The minimum absolute atomic E-state index is 0.174. The molecule has 0 aromatic carbocycles. The van der Waals surface area contributed by atoms with Crippen molar-refractivity contribution < 1.29 is 4.21 Å². The van der Waals surface area contributed by atoms with Crippen molar-refractivity contribution in [3.8, 4) is 22.5 Å². The smallest absolute Gasteiger partial charge is 0.344 e. The maximum absolute atomic E-state index is 13.0. The Morgan fingerprint density at radius 1 is 1.38 bits per heavy atom. The minimum atomic E-state index is -1.13. The molecule has 148 valence electrons. The predicted octanol–water partition coefficient (Wildman–Crippen LogP) is 2.69. The van der Waals surface area contributed by atoms with E-state index in [4.69, 9.17) is 10.7 Å². The second-order valence-corrected chi connectivity index (χ2v) is 9.96. The van der Waals surface area contributed by atoms with E-state index in [1.165, 1.54) is 17.5 Å². The molecule has 4 aromatic rings. The molecule has 1 atom stereocenters. The number of thiophene rings is 1. The summed E-state index contributed by atoms with van der Waals surface area (Å²) in [5.41, 5.74) is 9.70. The van der Waals surface area contributed by atoms with Gasteiger partial charge in [0.25, 0.3) is 0 Å². The Balaban J connectivity index is 1.77. The monoisotopic (exact) mass is 426 g/mol. The fourth-order valence-corrected chi connectivity index (χ4v) is 6.67. The zero-order valence-corrected chi connectivity index (χ0v) is 17.2. The van der Waals surface area contributed by atoms with Crippen LogP contribution in [0.1, 0.15) is 19.3 Å². The molecule has 4 aromatic heterocycles. The fourth-order valence-electron chi connectivity index (χ4n) is 3.46. The lowest BCUT2D eigenvalue weighted by molar-refractivity contribution is 0.505. The van der Waals surface area contributed by atoms with Gasteiger partial charge in [0.05, 0.1) is 27.9 Å². The number of aromatic nitrogens is 5. The van der Waals surface area contributed by atoms with Gasteiger partial charge in [-0.25, -0.2) is 14.8 Å². The van der Waals surface area contributed by atoms with Gasteiger partial charge < -0.3 is 10.7 Å². The van der Waals surface area contributed by atoms with E-state index in [1.807, 2.05) is 19.2 Å². The second-order valence-electron chi connectivity index (χ2n) is 7.04. The highest BCUT2D eigenvalue weighted by Gasteiger charge is 2.29. The summed E-state index contributed by atoms with van der Waals surface area (Å²) in [6, 6.07) is 3.82. The molecule has 0 spiro atoms. The highest BCUT2D eigenvalue weighted by molar-refractivity contribution is 7.88. The van der Waals surface area contributed by atoms with Crippen molar-refractivity contribution in [1.29, 1.82) is 0 Å². The van der Waals surface area contributed by atoms with E-state index >= 15 is 0 Å². The van der Waals surface area contributed by atoms with E-state index in [1.54, 1.807) is 17.1 Å². The number of rotatable bonds is 4. The van der Waals surface area contributed by atoms with Crippen molar-refractivity contribution >= 4 is 38.0 Å². The van der Waals surface area contributed by atoms with Gasteiger partial charge in [0.15, 0.2) is 0 Å². The van der Waals surface area contributed by atoms with Crippen LogP contribution in [0.5, 0.6) is 0 Å². The summed E-state index contributed by atoms with van der Waals surface area (Å²) in [5.74, 6) is 0. The van der Waals surface area contributed by atoms with Crippen LogP contribution in [0.3, 0.4) is 0 Å². The van der Waals surface area contributed by atoms with Gasteiger partial charge in [0.2, 0.25) is 0 Å². The molecule has 0 aliphatic heterocycles. The summed E-state index contributed by atoms with van der Waals surface area (Å²) in [4.78, 5) is 23.2. The number of anilines is 1. The first-order valence-corrected chi connectivity index (χ1v) is 11.2. The van der Waals surface area contributed by atoms with Crippen LogP contribution < -0.4 is 11.4 Å². The Morgan fingerprint density at radius 3 is 2.83 bits per heavy atom. The summed E-state index contributed by atoms with van der Waals surface area (Å²) >= 11 is 1.38. The van der Waals surface area contributed by atoms with Gasteiger partial charge in [-0.2, -0.15) is 5.10 Å². The number of pyridine rings is 1. The molecule has 0 bridgehead atoms. The zero-order chi connectivity index (χ0) is 20.1. The number of nitrogens with zero attached hydrogens (tertiary/aromatic N) is 4. The van der Waals surface area contributed by atoms with Gasteiger partial charge in [-0.15, -0.1) is 11.3 Å². The van der Waals surface area contributed by atoms with Crippen LogP contribution in [0.2, 0.25) is 0 Å². The van der Waals surface area contributed by atoms with Gasteiger partial charge in [-0.05, 0) is 25.0 Å². The molecule has 5 rings (SSSR count). The lowest BCUT2D eigenvalue weighted by Crippen LogP contribution is -2.23. The van der Waals surface area contributed by atoms with Crippen molar-refractivity contribution in [3.05, 3.63) is 41.2 Å². The van der Waals surface area contributed by atoms with E-state index in [-0.39, 0.29) is 5.25 Å². The standard InChI is InChI=1S/C19H18N6O2S2/c1-25-14(5-6-23-25)12-7-13(10-8-21-19(26)22-9-10)24-17-15(12)16(20)18(28-17)29(27)11-3-2-4-11/h5-9,11H,2-4,20H2,1H3,(H,21,22,26)/t29-/m0/s1. The maximum Gasteiger partial charge on any atom is 0.344 e. The minimum Gasteiger partial charge on any atom is -0.396 e. The number of aryl methyl sites for hydroxylation is 1. The van der Waals surface area contributed by atoms with E-state index in [2.05, 4.69) is 15.1 Å². The Kier molecular flexibility index (Phi) is 4.32. The number of fused-ring (bicyclic) bond motifs is 1. The van der Waals surface area contributed by atoms with Crippen LogP contribution >= 0.6 is 11.3 Å². The number of nitrogen functional groups attached to an aromatic ring is 1.